The third-order valence-corrected chi connectivity index (χ3v) is 2.56. The number of benzene rings is 1. The summed E-state index contributed by atoms with van der Waals surface area (Å²) >= 11 is 0. The van der Waals surface area contributed by atoms with Crippen LogP contribution in [0, 0.1) is 5.82 Å². The van der Waals surface area contributed by atoms with Crippen molar-refractivity contribution in [3.05, 3.63) is 29.6 Å². The summed E-state index contributed by atoms with van der Waals surface area (Å²) in [5, 5.41) is 11.3. The molecule has 1 rings (SSSR count). The van der Waals surface area contributed by atoms with Crippen LogP contribution in [0.25, 0.3) is 0 Å². The summed E-state index contributed by atoms with van der Waals surface area (Å²) in [6, 6.07) is 3.64. The number of carbonyl (C=O) groups excluding carboxylic acids is 1. The highest BCUT2D eigenvalue weighted by atomic mass is 19.1. The Morgan fingerprint density at radius 1 is 1.43 bits per heavy atom. The van der Waals surface area contributed by atoms with Gasteiger partial charge in [0.1, 0.15) is 11.4 Å². The minimum atomic E-state index is -1.12. The van der Waals surface area contributed by atoms with Gasteiger partial charge in [-0.3, -0.25) is 10.1 Å². The van der Waals surface area contributed by atoms with Crippen molar-refractivity contribution in [1.82, 2.24) is 0 Å². The highest BCUT2D eigenvalue weighted by molar-refractivity contribution is 5.85. The van der Waals surface area contributed by atoms with E-state index in [0.717, 1.165) is 6.07 Å². The molecule has 0 aliphatic carbocycles. The van der Waals surface area contributed by atoms with Crippen molar-refractivity contribution in [2.75, 3.05) is 11.9 Å². The fourth-order valence-electron chi connectivity index (χ4n) is 1.65. The Morgan fingerprint density at radius 3 is 2.52 bits per heavy atom. The Balaban J connectivity index is 2.97. The van der Waals surface area contributed by atoms with E-state index >= 15 is 0 Å². The molecule has 1 amide bonds. The van der Waals surface area contributed by atoms with Crippen LogP contribution in [-0.2, 0) is 9.53 Å². The number of carboxylic acids is 1. The van der Waals surface area contributed by atoms with E-state index in [2.05, 4.69) is 5.32 Å². The molecule has 0 spiro atoms. The Labute approximate surface area is 122 Å². The largest absolute Gasteiger partial charge is 0.481 e. The summed E-state index contributed by atoms with van der Waals surface area (Å²) in [5.41, 5.74) is 4.82. The Kier molecular flexibility index (Phi) is 5.26. The molecule has 21 heavy (non-hydrogen) atoms. The number of rotatable bonds is 4. The van der Waals surface area contributed by atoms with E-state index in [1.165, 1.54) is 12.1 Å². The molecule has 1 aromatic rings. The summed E-state index contributed by atoms with van der Waals surface area (Å²) in [4.78, 5) is 22.7. The number of ether oxygens (including phenoxy) is 1. The number of nitrogens with one attached hydrogen (secondary N) is 1. The van der Waals surface area contributed by atoms with Gasteiger partial charge < -0.3 is 15.6 Å². The minimum Gasteiger partial charge on any atom is -0.481 e. The quantitative estimate of drug-likeness (QED) is 0.791. The van der Waals surface area contributed by atoms with Gasteiger partial charge in [-0.1, -0.05) is 6.07 Å². The number of hydrogen-bond acceptors (Lipinski definition) is 4. The third-order valence-electron chi connectivity index (χ3n) is 2.56. The first-order valence-electron chi connectivity index (χ1n) is 6.36. The maximum absolute atomic E-state index is 13.7. The highest BCUT2D eigenvalue weighted by Crippen LogP contribution is 2.23. The maximum Gasteiger partial charge on any atom is 0.412 e. The van der Waals surface area contributed by atoms with E-state index in [9.17, 15) is 14.0 Å². The van der Waals surface area contributed by atoms with Gasteiger partial charge in [0.05, 0.1) is 11.6 Å². The molecular formula is C14H19FN2O4. The van der Waals surface area contributed by atoms with Crippen molar-refractivity contribution in [3.63, 3.8) is 0 Å². The number of hydrogen-bond donors (Lipinski definition) is 3. The third kappa shape index (κ3) is 5.03. The SMILES string of the molecule is CC(C)(C)OC(=O)Nc1cc(C(CN)C(=O)O)ccc1F. The molecule has 1 unspecified atom stereocenters. The smallest absolute Gasteiger partial charge is 0.412 e. The molecule has 0 saturated heterocycles. The van der Waals surface area contributed by atoms with Crippen LogP contribution in [0.15, 0.2) is 18.2 Å². The lowest BCUT2D eigenvalue weighted by molar-refractivity contribution is -0.138. The van der Waals surface area contributed by atoms with Crippen molar-refractivity contribution in [2.45, 2.75) is 32.3 Å². The van der Waals surface area contributed by atoms with Crippen LogP contribution in [0.1, 0.15) is 32.3 Å². The van der Waals surface area contributed by atoms with Crippen LogP contribution in [0.2, 0.25) is 0 Å². The Bertz CT molecular complexity index is 540. The fourth-order valence-corrected chi connectivity index (χ4v) is 1.65. The molecule has 0 radical (unpaired) electrons. The lowest BCUT2D eigenvalue weighted by Crippen LogP contribution is -2.27. The van der Waals surface area contributed by atoms with Gasteiger partial charge in [-0.25, -0.2) is 9.18 Å². The van der Waals surface area contributed by atoms with Crippen LogP contribution < -0.4 is 11.1 Å². The maximum atomic E-state index is 13.7. The Hall–Kier alpha value is -2.15. The molecule has 4 N–H and O–H groups in total. The van der Waals surface area contributed by atoms with Crippen molar-refractivity contribution < 1.29 is 23.8 Å². The zero-order chi connectivity index (χ0) is 16.2. The summed E-state index contributed by atoms with van der Waals surface area (Å²) < 4.78 is 18.7. The van der Waals surface area contributed by atoms with Gasteiger partial charge in [0.15, 0.2) is 0 Å². The number of aliphatic carboxylic acids is 1. The van der Waals surface area contributed by atoms with E-state index < -0.39 is 29.4 Å². The van der Waals surface area contributed by atoms with Gasteiger partial charge in [0, 0.05) is 6.54 Å². The standard InChI is InChI=1S/C14H19FN2O4/c1-14(2,3)21-13(20)17-11-6-8(4-5-10(11)15)9(7-16)12(18)19/h4-6,9H,7,16H2,1-3H3,(H,17,20)(H,18,19). The van der Waals surface area contributed by atoms with Gasteiger partial charge in [0.2, 0.25) is 0 Å². The summed E-state index contributed by atoms with van der Waals surface area (Å²) in [6.07, 6.45) is -0.821. The highest BCUT2D eigenvalue weighted by Gasteiger charge is 2.21. The van der Waals surface area contributed by atoms with E-state index in [0.29, 0.717) is 5.56 Å². The molecule has 0 fully saturated rings. The number of carbonyl (C=O) groups is 2. The summed E-state index contributed by atoms with van der Waals surface area (Å²) in [7, 11) is 0. The first-order chi connectivity index (χ1) is 9.64. The van der Waals surface area contributed by atoms with Gasteiger partial charge in [0.25, 0.3) is 0 Å². The molecule has 1 atom stereocenters. The van der Waals surface area contributed by atoms with E-state index in [1.54, 1.807) is 20.8 Å². The Morgan fingerprint density at radius 2 is 2.05 bits per heavy atom. The average molecular weight is 298 g/mol. The zero-order valence-corrected chi connectivity index (χ0v) is 12.1. The number of nitrogens with two attached hydrogens (primary N) is 1. The van der Waals surface area contributed by atoms with Crippen molar-refractivity contribution in [1.29, 1.82) is 0 Å². The van der Waals surface area contributed by atoms with Gasteiger partial charge >= 0.3 is 12.1 Å². The van der Waals surface area contributed by atoms with Crippen LogP contribution in [0.4, 0.5) is 14.9 Å². The molecule has 7 heteroatoms. The molecule has 0 heterocycles. The molecule has 0 saturated carbocycles. The average Bonchev–Trinajstić information content (AvgIpc) is 2.31. The number of halogens is 1. The summed E-state index contributed by atoms with van der Waals surface area (Å²) in [5.74, 6) is -2.78. The minimum absolute atomic E-state index is 0.132. The first-order valence-corrected chi connectivity index (χ1v) is 6.36. The van der Waals surface area contributed by atoms with E-state index in [-0.39, 0.29) is 12.2 Å². The topological polar surface area (TPSA) is 102 Å². The second-order valence-corrected chi connectivity index (χ2v) is 5.49. The lowest BCUT2D eigenvalue weighted by Gasteiger charge is -2.20. The van der Waals surface area contributed by atoms with Crippen molar-refractivity contribution >= 4 is 17.7 Å². The van der Waals surface area contributed by atoms with Crippen molar-refractivity contribution in [3.8, 4) is 0 Å². The van der Waals surface area contributed by atoms with Crippen LogP contribution in [0.5, 0.6) is 0 Å². The molecule has 6 nitrogen and oxygen atoms in total. The predicted octanol–water partition coefficient (Wildman–Crippen LogP) is 2.30. The van der Waals surface area contributed by atoms with Crippen LogP contribution in [-0.4, -0.2) is 29.3 Å². The zero-order valence-electron chi connectivity index (χ0n) is 12.1. The van der Waals surface area contributed by atoms with Gasteiger partial charge in [-0.15, -0.1) is 0 Å². The van der Waals surface area contributed by atoms with Crippen LogP contribution in [0.3, 0.4) is 0 Å². The molecular weight excluding hydrogens is 279 g/mol. The fraction of sp³-hybridized carbons (Fsp3) is 0.429. The number of carboxylic acid groups (broad SMARTS) is 1. The van der Waals surface area contributed by atoms with Gasteiger partial charge in [-0.2, -0.15) is 0 Å². The van der Waals surface area contributed by atoms with Crippen molar-refractivity contribution in [2.24, 2.45) is 5.73 Å². The number of anilines is 1. The normalized spacial score (nSPS) is 12.6. The molecule has 0 aliphatic rings. The van der Waals surface area contributed by atoms with E-state index in [4.69, 9.17) is 15.6 Å². The molecule has 116 valence electrons. The second kappa shape index (κ2) is 6.53. The monoisotopic (exact) mass is 298 g/mol. The van der Waals surface area contributed by atoms with Gasteiger partial charge in [-0.05, 0) is 38.5 Å². The second-order valence-electron chi connectivity index (χ2n) is 5.49. The van der Waals surface area contributed by atoms with E-state index in [1.807, 2.05) is 0 Å². The molecule has 0 aromatic heterocycles. The molecule has 0 bridgehead atoms. The van der Waals surface area contributed by atoms with Crippen LogP contribution >= 0.6 is 0 Å². The summed E-state index contributed by atoms with van der Waals surface area (Å²) in [6.45, 7) is 4.89. The molecule has 0 aliphatic heterocycles. The first kappa shape index (κ1) is 16.9. The number of amides is 1. The predicted molar refractivity (Wildman–Crippen MR) is 75.7 cm³/mol. The lowest BCUT2D eigenvalue weighted by atomic mass is 9.99. The molecule has 1 aromatic carbocycles.